The van der Waals surface area contributed by atoms with Gasteiger partial charge in [-0.3, -0.25) is 9.59 Å². The van der Waals surface area contributed by atoms with E-state index in [9.17, 15) is 19.6 Å². The number of benzene rings is 1. The maximum Gasteiger partial charge on any atom is 0.407 e. The molecule has 294 valence electrons. The Morgan fingerprint density at radius 3 is 2.29 bits per heavy atom. The predicted octanol–water partition coefficient (Wildman–Crippen LogP) is 6.58. The summed E-state index contributed by atoms with van der Waals surface area (Å²) in [4.78, 5) is 55.6. The summed E-state index contributed by atoms with van der Waals surface area (Å²) in [5.74, 6) is 0.890. The van der Waals surface area contributed by atoms with Gasteiger partial charge < -0.3 is 35.8 Å². The van der Waals surface area contributed by atoms with Crippen LogP contribution in [0.1, 0.15) is 114 Å². The molecule has 5 N–H and O–H groups in total. The number of hydrogen-bond donors (Lipinski definition) is 4. The van der Waals surface area contributed by atoms with Crippen LogP contribution < -0.4 is 11.1 Å². The number of aromatic amines is 1. The van der Waals surface area contributed by atoms with Crippen LogP contribution in [0.15, 0.2) is 54.8 Å². The summed E-state index contributed by atoms with van der Waals surface area (Å²) < 4.78 is 5.99. The zero-order chi connectivity index (χ0) is 39.4. The summed E-state index contributed by atoms with van der Waals surface area (Å²) in [5, 5.41) is 14.2. The first-order valence-corrected chi connectivity index (χ1v) is 19.6. The topological polar surface area (TPSA) is 172 Å². The normalized spacial score (nSPS) is 21.1. The minimum Gasteiger partial charge on any atom is -0.453 e. The van der Waals surface area contributed by atoms with Crippen molar-refractivity contribution in [3.05, 3.63) is 83.4 Å². The molecule has 1 aliphatic carbocycles. The average molecular weight is 753 g/mol. The Morgan fingerprint density at radius 2 is 1.62 bits per heavy atom. The molecule has 0 saturated carbocycles. The predicted molar refractivity (Wildman–Crippen MR) is 211 cm³/mol. The van der Waals surface area contributed by atoms with Crippen LogP contribution in [0.4, 0.5) is 4.79 Å². The number of fused-ring (bicyclic) bond motifs is 1. The maximum atomic E-state index is 13.6. The number of nitrogens with one attached hydrogen (secondary N) is 2. The summed E-state index contributed by atoms with van der Waals surface area (Å²) in [5.41, 5.74) is 12.6. The molecule has 3 aliphatic rings. The van der Waals surface area contributed by atoms with E-state index in [1.807, 2.05) is 51.8 Å². The Bertz CT molecular complexity index is 1960. The Labute approximate surface area is 323 Å². The van der Waals surface area contributed by atoms with Crippen LogP contribution in [0.3, 0.4) is 0 Å². The molecular formula is C42H56N8O5. The Hall–Kier alpha value is -5.17. The van der Waals surface area contributed by atoms with Crippen LogP contribution in [0, 0.1) is 11.8 Å². The highest BCUT2D eigenvalue weighted by molar-refractivity contribution is 5.86. The van der Waals surface area contributed by atoms with E-state index in [0.717, 1.165) is 83.7 Å². The van der Waals surface area contributed by atoms with E-state index in [1.54, 1.807) is 4.90 Å². The van der Waals surface area contributed by atoms with Crippen LogP contribution in [0.25, 0.3) is 22.4 Å². The molecule has 3 aromatic rings. The van der Waals surface area contributed by atoms with Gasteiger partial charge in [0, 0.05) is 13.1 Å². The van der Waals surface area contributed by atoms with Gasteiger partial charge in [0.2, 0.25) is 11.8 Å². The molecule has 0 spiro atoms. The third kappa shape index (κ3) is 8.41. The second kappa shape index (κ2) is 17.1. The van der Waals surface area contributed by atoms with Gasteiger partial charge in [-0.25, -0.2) is 14.8 Å². The number of methoxy groups -OCH3 is 1. The highest BCUT2D eigenvalue weighted by Gasteiger charge is 2.39. The molecule has 2 fully saturated rings. The number of amides is 3. The number of carbonyl (C=O) groups excluding carboxylic acids is 3. The van der Waals surface area contributed by atoms with Crippen molar-refractivity contribution in [2.24, 2.45) is 17.6 Å². The van der Waals surface area contributed by atoms with Crippen molar-refractivity contribution in [3.63, 3.8) is 0 Å². The number of hydrogen-bond acceptors (Lipinski definition) is 8. The van der Waals surface area contributed by atoms with E-state index >= 15 is 0 Å². The van der Waals surface area contributed by atoms with Gasteiger partial charge in [-0.15, -0.1) is 0 Å². The van der Waals surface area contributed by atoms with Crippen molar-refractivity contribution in [2.75, 3.05) is 20.2 Å². The van der Waals surface area contributed by atoms with Crippen molar-refractivity contribution in [2.45, 2.75) is 104 Å². The fraction of sp³-hybridized carbons (Fsp3) is 0.500. The highest BCUT2D eigenvalue weighted by Crippen LogP contribution is 2.36. The van der Waals surface area contributed by atoms with Crippen LogP contribution in [0.2, 0.25) is 0 Å². The SMILES string of the molecule is COC(=O)N[C@H](C(=O)N1CCC[C@H]1c1ncc(-c2ccc(C3=C/C=C(\C)c4nc([C@@H]5CCCN5C(=O)[C@@H](N)C(C)C)n(O)c4CCCC=C3)cc2)[nH]1)C(C)C. The zero-order valence-electron chi connectivity index (χ0n) is 32.9. The van der Waals surface area contributed by atoms with Gasteiger partial charge >= 0.3 is 6.09 Å². The van der Waals surface area contributed by atoms with Crippen LogP contribution in [0.5, 0.6) is 0 Å². The van der Waals surface area contributed by atoms with Crippen molar-refractivity contribution in [1.82, 2.24) is 34.8 Å². The lowest BCUT2D eigenvalue weighted by Crippen LogP contribution is -2.51. The molecule has 55 heavy (non-hydrogen) atoms. The molecule has 0 radical (unpaired) electrons. The van der Waals surface area contributed by atoms with Crippen molar-refractivity contribution in [3.8, 4) is 11.3 Å². The van der Waals surface area contributed by atoms with Gasteiger partial charge in [0.1, 0.15) is 11.9 Å². The molecule has 2 saturated heterocycles. The monoisotopic (exact) mass is 752 g/mol. The number of alkyl carbamates (subject to hydrolysis) is 1. The molecule has 2 aromatic heterocycles. The molecule has 1 aromatic carbocycles. The lowest BCUT2D eigenvalue weighted by molar-refractivity contribution is -0.136. The van der Waals surface area contributed by atoms with Gasteiger partial charge in [-0.1, -0.05) is 76.3 Å². The summed E-state index contributed by atoms with van der Waals surface area (Å²) in [6, 6.07) is 6.49. The molecule has 2 aliphatic heterocycles. The number of allylic oxidation sites excluding steroid dienone is 6. The summed E-state index contributed by atoms with van der Waals surface area (Å²) in [7, 11) is 1.29. The Balaban J connectivity index is 1.20. The third-order valence-corrected chi connectivity index (χ3v) is 11.1. The minimum absolute atomic E-state index is 0.0162. The van der Waals surface area contributed by atoms with Gasteiger partial charge in [-0.05, 0) is 86.0 Å². The number of imidazole rings is 2. The van der Waals surface area contributed by atoms with E-state index in [2.05, 4.69) is 52.8 Å². The molecule has 4 atom stereocenters. The van der Waals surface area contributed by atoms with E-state index in [-0.39, 0.29) is 35.7 Å². The Kier molecular flexibility index (Phi) is 12.3. The number of aromatic nitrogens is 4. The van der Waals surface area contributed by atoms with Crippen LogP contribution in [-0.4, -0.2) is 84.9 Å². The lowest BCUT2D eigenvalue weighted by atomic mass is 10.0. The van der Waals surface area contributed by atoms with Crippen molar-refractivity contribution < 1.29 is 24.3 Å². The molecule has 0 bridgehead atoms. The maximum absolute atomic E-state index is 13.6. The van der Waals surface area contributed by atoms with Gasteiger partial charge in [-0.2, -0.15) is 4.73 Å². The first kappa shape index (κ1) is 39.5. The van der Waals surface area contributed by atoms with Crippen molar-refractivity contribution >= 4 is 29.1 Å². The number of H-pyrrole nitrogens is 1. The standard InChI is InChI=1S/C42H56N8O5/c1-25(2)35(43)40(51)49-23-11-15-34(49)39-46-37-27(5)16-17-28(12-8-7-9-13-32(37)50(39)54)29-18-20-30(21-19-29)31-24-44-38(45-31)33-14-10-22-48(33)41(52)36(26(3)4)47-42(53)55-6/h8,12,16-21,24-26,33-36,54H,7,9-11,13-15,22-23,43H2,1-6H3,(H,44,45)(H,47,53)/b12-8?,27-16+,28-17?/t33-,34-,35-,36-/m0/s1. The molecule has 13 nitrogen and oxygen atoms in total. The molecule has 6 rings (SSSR count). The highest BCUT2D eigenvalue weighted by atomic mass is 16.5. The van der Waals surface area contributed by atoms with Gasteiger partial charge in [0.05, 0.1) is 48.5 Å². The number of nitrogens with zero attached hydrogens (tertiary/aromatic N) is 5. The molecule has 4 heterocycles. The summed E-state index contributed by atoms with van der Waals surface area (Å²) in [6.07, 6.45) is 15.1. The number of likely N-dealkylation sites (tertiary alicyclic amines) is 2. The van der Waals surface area contributed by atoms with Crippen molar-refractivity contribution in [1.29, 1.82) is 0 Å². The van der Waals surface area contributed by atoms with Crippen LogP contribution in [-0.2, 0) is 20.7 Å². The molecular weight excluding hydrogens is 697 g/mol. The fourth-order valence-corrected chi connectivity index (χ4v) is 7.82. The first-order chi connectivity index (χ1) is 26.4. The van der Waals surface area contributed by atoms with E-state index in [4.69, 9.17) is 20.4 Å². The second-order valence-electron chi connectivity index (χ2n) is 15.6. The summed E-state index contributed by atoms with van der Waals surface area (Å²) in [6.45, 7) is 10.9. The van der Waals surface area contributed by atoms with E-state index in [1.165, 1.54) is 11.8 Å². The number of ether oxygens (including phenoxy) is 1. The fourth-order valence-electron chi connectivity index (χ4n) is 7.82. The smallest absolute Gasteiger partial charge is 0.407 e. The number of carbonyl (C=O) groups is 3. The van der Waals surface area contributed by atoms with Gasteiger partial charge in [0.15, 0.2) is 5.82 Å². The summed E-state index contributed by atoms with van der Waals surface area (Å²) >= 11 is 0. The molecule has 3 amide bonds. The van der Waals surface area contributed by atoms with E-state index in [0.29, 0.717) is 25.3 Å². The van der Waals surface area contributed by atoms with E-state index < -0.39 is 18.2 Å². The second-order valence-corrected chi connectivity index (χ2v) is 15.6. The largest absolute Gasteiger partial charge is 0.453 e. The Morgan fingerprint density at radius 1 is 0.945 bits per heavy atom. The molecule has 0 unspecified atom stereocenters. The minimum atomic E-state index is -0.691. The zero-order valence-corrected chi connectivity index (χ0v) is 32.9. The third-order valence-electron chi connectivity index (χ3n) is 11.1. The van der Waals surface area contributed by atoms with Gasteiger partial charge in [0.25, 0.3) is 0 Å². The first-order valence-electron chi connectivity index (χ1n) is 19.6. The van der Waals surface area contributed by atoms with Crippen LogP contribution >= 0.6 is 0 Å². The lowest BCUT2D eigenvalue weighted by Gasteiger charge is -2.30. The number of nitrogens with two attached hydrogens (primary N) is 1. The quantitative estimate of drug-likeness (QED) is 0.178. The number of rotatable bonds is 9. The molecule has 13 heteroatoms. The average Bonchev–Trinajstić information content (AvgIpc) is 4.00.